The van der Waals surface area contributed by atoms with Gasteiger partial charge in [0, 0.05) is 35.6 Å². The lowest BCUT2D eigenvalue weighted by Crippen LogP contribution is -2.40. The number of aromatic nitrogens is 3. The van der Waals surface area contributed by atoms with Crippen molar-refractivity contribution in [2.75, 3.05) is 18.4 Å². The highest BCUT2D eigenvalue weighted by molar-refractivity contribution is 5.99. The van der Waals surface area contributed by atoms with Crippen LogP contribution in [0.4, 0.5) is 5.82 Å². The van der Waals surface area contributed by atoms with E-state index in [0.29, 0.717) is 30.2 Å². The maximum atomic E-state index is 12.9. The number of hydrogen-bond acceptors (Lipinski definition) is 7. The lowest BCUT2D eigenvalue weighted by molar-refractivity contribution is -0.133. The molecule has 1 aliphatic carbocycles. The predicted molar refractivity (Wildman–Crippen MR) is 112 cm³/mol. The number of rotatable bonds is 5. The van der Waals surface area contributed by atoms with Gasteiger partial charge < -0.3 is 20.2 Å². The van der Waals surface area contributed by atoms with Gasteiger partial charge in [-0.3, -0.25) is 14.6 Å². The van der Waals surface area contributed by atoms with Gasteiger partial charge >= 0.3 is 0 Å². The van der Waals surface area contributed by atoms with E-state index >= 15 is 0 Å². The fourth-order valence-corrected chi connectivity index (χ4v) is 4.22. The third kappa shape index (κ3) is 3.76. The first-order valence-corrected chi connectivity index (χ1v) is 10.6. The number of amides is 2. The number of aliphatic hydroxyl groups is 1. The SMILES string of the molecule is Cc1ccc(-c2ccc(NC(=O)CN3CCCC4=C3C(=O)N(C3CC3)C4O)nn2)cn1. The van der Waals surface area contributed by atoms with Crippen LogP contribution in [0.2, 0.25) is 0 Å². The maximum Gasteiger partial charge on any atom is 0.272 e. The second kappa shape index (κ2) is 7.73. The van der Waals surface area contributed by atoms with Crippen LogP contribution in [0.1, 0.15) is 31.4 Å². The third-order valence-electron chi connectivity index (χ3n) is 5.92. The fourth-order valence-electron chi connectivity index (χ4n) is 4.22. The Morgan fingerprint density at radius 3 is 2.74 bits per heavy atom. The van der Waals surface area contributed by atoms with Crippen LogP contribution in [0.5, 0.6) is 0 Å². The number of carbonyl (C=O) groups is 2. The third-order valence-corrected chi connectivity index (χ3v) is 5.92. The smallest absolute Gasteiger partial charge is 0.272 e. The van der Waals surface area contributed by atoms with E-state index in [4.69, 9.17) is 0 Å². The van der Waals surface area contributed by atoms with Crippen LogP contribution in [0, 0.1) is 6.92 Å². The van der Waals surface area contributed by atoms with E-state index in [0.717, 1.165) is 36.1 Å². The molecule has 5 rings (SSSR count). The molecule has 2 N–H and O–H groups in total. The maximum absolute atomic E-state index is 12.9. The first-order chi connectivity index (χ1) is 15.0. The molecule has 1 atom stereocenters. The zero-order chi connectivity index (χ0) is 21.5. The van der Waals surface area contributed by atoms with E-state index in [2.05, 4.69) is 20.5 Å². The molecule has 0 bridgehead atoms. The van der Waals surface area contributed by atoms with E-state index in [1.165, 1.54) is 0 Å². The summed E-state index contributed by atoms with van der Waals surface area (Å²) in [5.41, 5.74) is 3.68. The van der Waals surface area contributed by atoms with Gasteiger partial charge in [-0.25, -0.2) is 0 Å². The molecule has 4 heterocycles. The summed E-state index contributed by atoms with van der Waals surface area (Å²) in [5.74, 6) is -0.0919. The summed E-state index contributed by atoms with van der Waals surface area (Å²) in [7, 11) is 0. The molecule has 2 aromatic rings. The van der Waals surface area contributed by atoms with Crippen molar-refractivity contribution < 1.29 is 14.7 Å². The van der Waals surface area contributed by atoms with Crippen molar-refractivity contribution in [3.05, 3.63) is 47.4 Å². The Morgan fingerprint density at radius 2 is 2.06 bits per heavy atom. The van der Waals surface area contributed by atoms with Crippen LogP contribution in [0.15, 0.2) is 41.7 Å². The van der Waals surface area contributed by atoms with E-state index < -0.39 is 6.23 Å². The topological polar surface area (TPSA) is 112 Å². The van der Waals surface area contributed by atoms with Gasteiger partial charge in [0.25, 0.3) is 5.91 Å². The molecule has 0 saturated heterocycles. The minimum Gasteiger partial charge on any atom is -0.369 e. The molecular weight excluding hydrogens is 396 g/mol. The van der Waals surface area contributed by atoms with Gasteiger partial charge in [-0.15, -0.1) is 10.2 Å². The molecule has 9 heteroatoms. The standard InChI is InChI=1S/C22H24N6O3/c1-13-4-5-14(11-23-13)17-8-9-18(26-25-17)24-19(29)12-27-10-2-3-16-20(27)22(31)28(21(16)30)15-6-7-15/h4-5,8-9,11,15,21,30H,2-3,6-7,10,12H2,1H3,(H,24,26,29). The number of carbonyl (C=O) groups excluding carboxylic acids is 2. The minimum atomic E-state index is -0.851. The first kappa shape index (κ1) is 19.6. The molecule has 2 aliphatic heterocycles. The van der Waals surface area contributed by atoms with Crippen molar-refractivity contribution in [3.63, 3.8) is 0 Å². The summed E-state index contributed by atoms with van der Waals surface area (Å²) < 4.78 is 0. The molecule has 31 heavy (non-hydrogen) atoms. The monoisotopic (exact) mass is 420 g/mol. The van der Waals surface area contributed by atoms with Crippen LogP contribution in [-0.4, -0.2) is 67.3 Å². The quantitative estimate of drug-likeness (QED) is 0.753. The highest BCUT2D eigenvalue weighted by Crippen LogP contribution is 2.40. The molecular formula is C22H24N6O3. The number of aryl methyl sites for hydroxylation is 1. The van der Waals surface area contributed by atoms with E-state index in [1.54, 1.807) is 28.1 Å². The Hall–Kier alpha value is -3.33. The average Bonchev–Trinajstić information content (AvgIpc) is 3.56. The number of pyridine rings is 1. The normalized spacial score (nSPS) is 20.8. The van der Waals surface area contributed by atoms with Crippen LogP contribution < -0.4 is 5.32 Å². The Bertz CT molecular complexity index is 1050. The van der Waals surface area contributed by atoms with E-state index in [9.17, 15) is 14.7 Å². The van der Waals surface area contributed by atoms with Crippen LogP contribution >= 0.6 is 0 Å². The zero-order valence-corrected chi connectivity index (χ0v) is 17.3. The van der Waals surface area contributed by atoms with Crippen molar-refractivity contribution >= 4 is 17.6 Å². The number of anilines is 1. The van der Waals surface area contributed by atoms with Crippen LogP contribution in [0.25, 0.3) is 11.3 Å². The summed E-state index contributed by atoms with van der Waals surface area (Å²) in [5, 5.41) is 21.6. The second-order valence-electron chi connectivity index (χ2n) is 8.26. The van der Waals surface area contributed by atoms with Crippen LogP contribution in [0.3, 0.4) is 0 Å². The highest BCUT2D eigenvalue weighted by Gasteiger charge is 2.48. The Kier molecular flexibility index (Phi) is 4.90. The predicted octanol–water partition coefficient (Wildman–Crippen LogP) is 1.46. The molecule has 1 unspecified atom stereocenters. The molecule has 1 saturated carbocycles. The summed E-state index contributed by atoms with van der Waals surface area (Å²) in [6.45, 7) is 2.55. The van der Waals surface area contributed by atoms with Gasteiger partial charge in [-0.2, -0.15) is 0 Å². The van der Waals surface area contributed by atoms with Crippen molar-refractivity contribution in [2.24, 2.45) is 0 Å². The lowest BCUT2D eigenvalue weighted by atomic mass is 10.0. The van der Waals surface area contributed by atoms with Gasteiger partial charge in [-0.1, -0.05) is 0 Å². The van der Waals surface area contributed by atoms with Gasteiger partial charge in [-0.05, 0) is 56.9 Å². The molecule has 2 aromatic heterocycles. The summed E-state index contributed by atoms with van der Waals surface area (Å²) in [6.07, 6.45) is 4.22. The van der Waals surface area contributed by atoms with Crippen molar-refractivity contribution in [1.82, 2.24) is 25.0 Å². The second-order valence-corrected chi connectivity index (χ2v) is 8.26. The van der Waals surface area contributed by atoms with E-state index in [-0.39, 0.29) is 24.4 Å². The van der Waals surface area contributed by atoms with Gasteiger partial charge in [0.05, 0.1) is 12.2 Å². The molecule has 0 aromatic carbocycles. The van der Waals surface area contributed by atoms with Crippen molar-refractivity contribution in [1.29, 1.82) is 0 Å². The molecule has 0 radical (unpaired) electrons. The molecule has 9 nitrogen and oxygen atoms in total. The molecule has 3 aliphatic rings. The highest BCUT2D eigenvalue weighted by atomic mass is 16.3. The number of hydrogen-bond donors (Lipinski definition) is 2. The first-order valence-electron chi connectivity index (χ1n) is 10.6. The van der Waals surface area contributed by atoms with Crippen LogP contribution in [-0.2, 0) is 9.59 Å². The Morgan fingerprint density at radius 1 is 1.23 bits per heavy atom. The fraction of sp³-hybridized carbons (Fsp3) is 0.409. The zero-order valence-electron chi connectivity index (χ0n) is 17.3. The molecule has 1 fully saturated rings. The summed E-state index contributed by atoms with van der Waals surface area (Å²) in [6, 6.07) is 7.42. The van der Waals surface area contributed by atoms with Gasteiger partial charge in [0.1, 0.15) is 5.70 Å². The van der Waals surface area contributed by atoms with Crippen molar-refractivity contribution in [2.45, 2.75) is 44.9 Å². The van der Waals surface area contributed by atoms with Gasteiger partial charge in [0.2, 0.25) is 5.91 Å². The van der Waals surface area contributed by atoms with Gasteiger partial charge in [0.15, 0.2) is 12.0 Å². The Labute approximate surface area is 179 Å². The summed E-state index contributed by atoms with van der Waals surface area (Å²) in [4.78, 5) is 33.1. The average molecular weight is 420 g/mol. The van der Waals surface area contributed by atoms with Crippen molar-refractivity contribution in [3.8, 4) is 11.3 Å². The Balaban J connectivity index is 1.25. The molecule has 0 spiro atoms. The number of aliphatic hydroxyl groups excluding tert-OH is 1. The molecule has 2 amide bonds. The number of nitrogens with one attached hydrogen (secondary N) is 1. The lowest BCUT2D eigenvalue weighted by Gasteiger charge is -2.28. The largest absolute Gasteiger partial charge is 0.369 e. The number of nitrogens with zero attached hydrogens (tertiary/aromatic N) is 5. The minimum absolute atomic E-state index is 0.0289. The molecule has 160 valence electrons. The van der Waals surface area contributed by atoms with E-state index in [1.807, 2.05) is 19.1 Å². The summed E-state index contributed by atoms with van der Waals surface area (Å²) >= 11 is 0.